The van der Waals surface area contributed by atoms with Gasteiger partial charge in [0.25, 0.3) is 0 Å². The van der Waals surface area contributed by atoms with E-state index in [4.69, 9.17) is 5.14 Å². The SMILES string of the molecule is CC(c1cccc(S(N)(=O)=O)c1)N(C)C(=O)Cn1c2ccccc2c(=O)c2ccccc21. The van der Waals surface area contributed by atoms with E-state index in [-0.39, 0.29) is 28.8 Å². The normalized spacial score (nSPS) is 12.7. The van der Waals surface area contributed by atoms with Crippen LogP contribution in [0.3, 0.4) is 0 Å². The fourth-order valence-electron chi connectivity index (χ4n) is 3.89. The largest absolute Gasteiger partial charge is 0.337 e. The number of likely N-dealkylation sites (N-methyl/N-ethyl adjacent to an activating group) is 1. The van der Waals surface area contributed by atoms with Crippen LogP contribution in [0.2, 0.25) is 0 Å². The van der Waals surface area contributed by atoms with Gasteiger partial charge in [0.05, 0.1) is 22.0 Å². The lowest BCUT2D eigenvalue weighted by atomic mass is 10.1. The van der Waals surface area contributed by atoms with Crippen molar-refractivity contribution in [3.63, 3.8) is 0 Å². The van der Waals surface area contributed by atoms with Crippen molar-refractivity contribution < 1.29 is 13.2 Å². The number of carbonyl (C=O) groups excluding carboxylic acids is 1. The minimum absolute atomic E-state index is 0.0000895. The molecule has 0 fully saturated rings. The van der Waals surface area contributed by atoms with Gasteiger partial charge in [0.2, 0.25) is 15.9 Å². The molecule has 8 heteroatoms. The lowest BCUT2D eigenvalue weighted by molar-refractivity contribution is -0.132. The molecule has 1 amide bonds. The van der Waals surface area contributed by atoms with E-state index in [1.807, 2.05) is 35.8 Å². The maximum absolute atomic E-state index is 13.3. The summed E-state index contributed by atoms with van der Waals surface area (Å²) in [4.78, 5) is 27.7. The van der Waals surface area contributed by atoms with E-state index >= 15 is 0 Å². The Bertz CT molecular complexity index is 1450. The fourth-order valence-corrected chi connectivity index (χ4v) is 4.45. The van der Waals surface area contributed by atoms with Gasteiger partial charge in [-0.15, -0.1) is 0 Å². The summed E-state index contributed by atoms with van der Waals surface area (Å²) < 4.78 is 25.2. The first kappa shape index (κ1) is 21.7. The number of hydrogen-bond acceptors (Lipinski definition) is 4. The number of aromatic nitrogens is 1. The first-order valence-corrected chi connectivity index (χ1v) is 11.6. The third kappa shape index (κ3) is 3.90. The van der Waals surface area contributed by atoms with Crippen LogP contribution in [0.5, 0.6) is 0 Å². The number of hydrogen-bond donors (Lipinski definition) is 1. The molecule has 2 N–H and O–H groups in total. The smallest absolute Gasteiger partial charge is 0.242 e. The summed E-state index contributed by atoms with van der Waals surface area (Å²) in [5, 5.41) is 6.35. The average Bonchev–Trinajstić information content (AvgIpc) is 2.80. The Morgan fingerprint density at radius 2 is 1.53 bits per heavy atom. The van der Waals surface area contributed by atoms with E-state index in [0.29, 0.717) is 27.4 Å². The van der Waals surface area contributed by atoms with Gasteiger partial charge in [0.1, 0.15) is 6.54 Å². The van der Waals surface area contributed by atoms with E-state index in [1.54, 1.807) is 48.3 Å². The van der Waals surface area contributed by atoms with Crippen molar-refractivity contribution in [2.45, 2.75) is 24.4 Å². The zero-order valence-electron chi connectivity index (χ0n) is 17.7. The highest BCUT2D eigenvalue weighted by Gasteiger charge is 2.21. The summed E-state index contributed by atoms with van der Waals surface area (Å²) in [5.74, 6) is -0.183. The second kappa shape index (κ2) is 8.22. The van der Waals surface area contributed by atoms with Crippen molar-refractivity contribution in [1.29, 1.82) is 0 Å². The quantitative estimate of drug-likeness (QED) is 0.473. The van der Waals surface area contributed by atoms with Crippen molar-refractivity contribution in [2.24, 2.45) is 5.14 Å². The minimum Gasteiger partial charge on any atom is -0.337 e. The van der Waals surface area contributed by atoms with Gasteiger partial charge in [-0.2, -0.15) is 0 Å². The lowest BCUT2D eigenvalue weighted by Crippen LogP contribution is -2.33. The number of amides is 1. The van der Waals surface area contributed by atoms with E-state index in [0.717, 1.165) is 0 Å². The fraction of sp³-hybridized carbons (Fsp3) is 0.167. The molecular formula is C24H23N3O4S. The molecule has 0 saturated heterocycles. The van der Waals surface area contributed by atoms with Crippen molar-refractivity contribution >= 4 is 37.7 Å². The van der Waals surface area contributed by atoms with Gasteiger partial charge in [-0.1, -0.05) is 36.4 Å². The molecule has 3 aromatic carbocycles. The van der Waals surface area contributed by atoms with Gasteiger partial charge in [0.15, 0.2) is 5.43 Å². The van der Waals surface area contributed by atoms with E-state index in [2.05, 4.69) is 0 Å². The van der Waals surface area contributed by atoms with Crippen LogP contribution in [0.4, 0.5) is 0 Å². The Balaban J connectivity index is 1.73. The summed E-state index contributed by atoms with van der Waals surface area (Å²) in [5.41, 5.74) is 1.95. The van der Waals surface area contributed by atoms with E-state index in [1.165, 1.54) is 12.1 Å². The van der Waals surface area contributed by atoms with Gasteiger partial charge in [-0.25, -0.2) is 13.6 Å². The third-order valence-corrected chi connectivity index (χ3v) is 6.73. The number of primary sulfonamides is 1. The topological polar surface area (TPSA) is 102 Å². The highest BCUT2D eigenvalue weighted by atomic mass is 32.2. The third-order valence-electron chi connectivity index (χ3n) is 5.82. The van der Waals surface area contributed by atoms with Crippen molar-refractivity contribution in [1.82, 2.24) is 9.47 Å². The molecule has 0 radical (unpaired) electrons. The number of pyridine rings is 1. The van der Waals surface area contributed by atoms with Crippen LogP contribution in [0.25, 0.3) is 21.8 Å². The molecule has 1 unspecified atom stereocenters. The molecule has 4 aromatic rings. The minimum atomic E-state index is -3.84. The van der Waals surface area contributed by atoms with Gasteiger partial charge >= 0.3 is 0 Å². The maximum atomic E-state index is 13.3. The van der Waals surface area contributed by atoms with Crippen LogP contribution in [-0.4, -0.2) is 30.8 Å². The highest BCUT2D eigenvalue weighted by Crippen LogP contribution is 2.23. The van der Waals surface area contributed by atoms with Crippen LogP contribution in [0, 0.1) is 0 Å². The summed E-state index contributed by atoms with van der Waals surface area (Å²) >= 11 is 0. The second-order valence-electron chi connectivity index (χ2n) is 7.75. The molecule has 32 heavy (non-hydrogen) atoms. The average molecular weight is 450 g/mol. The molecule has 164 valence electrons. The number of rotatable bonds is 5. The molecule has 0 aliphatic heterocycles. The first-order valence-electron chi connectivity index (χ1n) is 10.1. The predicted molar refractivity (Wildman–Crippen MR) is 125 cm³/mol. The van der Waals surface area contributed by atoms with E-state index in [9.17, 15) is 18.0 Å². The van der Waals surface area contributed by atoms with Crippen molar-refractivity contribution in [2.75, 3.05) is 7.05 Å². The van der Waals surface area contributed by atoms with Crippen molar-refractivity contribution in [3.05, 3.63) is 88.6 Å². The number of nitrogens with zero attached hydrogens (tertiary/aromatic N) is 2. The molecule has 1 heterocycles. The second-order valence-corrected chi connectivity index (χ2v) is 9.31. The van der Waals surface area contributed by atoms with Crippen molar-refractivity contribution in [3.8, 4) is 0 Å². The molecule has 4 rings (SSSR count). The highest BCUT2D eigenvalue weighted by molar-refractivity contribution is 7.89. The number of fused-ring (bicyclic) bond motifs is 2. The number of para-hydroxylation sites is 2. The first-order chi connectivity index (χ1) is 15.2. The summed E-state index contributed by atoms with van der Waals surface area (Å²) in [6, 6.07) is 20.3. The Kier molecular flexibility index (Phi) is 5.58. The lowest BCUT2D eigenvalue weighted by Gasteiger charge is -2.27. The standard InChI is InChI=1S/C24H23N3O4S/c1-16(17-8-7-9-18(14-17)32(25,30)31)26(2)23(28)15-27-21-12-5-3-10-19(21)24(29)20-11-4-6-13-22(20)27/h3-14,16H,15H2,1-2H3,(H2,25,30,31). The van der Waals surface area contributed by atoms with Crippen LogP contribution >= 0.6 is 0 Å². The number of nitrogens with two attached hydrogens (primary N) is 1. The Morgan fingerprint density at radius 1 is 0.969 bits per heavy atom. The van der Waals surface area contributed by atoms with Crippen LogP contribution in [0.1, 0.15) is 18.5 Å². The molecule has 1 atom stereocenters. The predicted octanol–water partition coefficient (Wildman–Crippen LogP) is 3.02. The monoisotopic (exact) mass is 449 g/mol. The summed E-state index contributed by atoms with van der Waals surface area (Å²) in [6.07, 6.45) is 0. The van der Waals surface area contributed by atoms with Crippen LogP contribution < -0.4 is 10.6 Å². The van der Waals surface area contributed by atoms with Crippen LogP contribution in [0.15, 0.2) is 82.5 Å². The maximum Gasteiger partial charge on any atom is 0.242 e. The summed E-state index contributed by atoms with van der Waals surface area (Å²) in [6.45, 7) is 1.85. The molecule has 0 aliphatic carbocycles. The Morgan fingerprint density at radius 3 is 2.09 bits per heavy atom. The molecule has 7 nitrogen and oxygen atoms in total. The van der Waals surface area contributed by atoms with Crippen LogP contribution in [-0.2, 0) is 21.4 Å². The number of benzene rings is 3. The number of carbonyl (C=O) groups is 1. The molecule has 1 aromatic heterocycles. The molecule has 0 saturated carbocycles. The summed E-state index contributed by atoms with van der Waals surface area (Å²) in [7, 11) is -2.17. The Labute approximate surface area is 185 Å². The van der Waals surface area contributed by atoms with E-state index < -0.39 is 10.0 Å². The van der Waals surface area contributed by atoms with Gasteiger partial charge in [-0.3, -0.25) is 9.59 Å². The van der Waals surface area contributed by atoms with Gasteiger partial charge < -0.3 is 9.47 Å². The Hall–Kier alpha value is -3.49. The zero-order chi connectivity index (χ0) is 23.0. The molecule has 0 spiro atoms. The van der Waals surface area contributed by atoms with Gasteiger partial charge in [0, 0.05) is 17.8 Å². The zero-order valence-corrected chi connectivity index (χ0v) is 18.5. The molecule has 0 aliphatic rings. The molecule has 0 bridgehead atoms. The number of sulfonamides is 1. The van der Waals surface area contributed by atoms with Gasteiger partial charge in [-0.05, 0) is 48.9 Å². The molecular weight excluding hydrogens is 426 g/mol.